The van der Waals surface area contributed by atoms with Crippen LogP contribution < -0.4 is 0 Å². The van der Waals surface area contributed by atoms with E-state index in [9.17, 15) is 0 Å². The molecular weight excluding hydrogens is 256 g/mol. The summed E-state index contributed by atoms with van der Waals surface area (Å²) in [5, 5.41) is 0. The van der Waals surface area contributed by atoms with Gasteiger partial charge in [0, 0.05) is 0 Å². The molecule has 0 unspecified atom stereocenters. The molecule has 0 aromatic heterocycles. The summed E-state index contributed by atoms with van der Waals surface area (Å²) >= 11 is 28.5. The molecule has 0 amide bonds. The van der Waals surface area contributed by atoms with Crippen LogP contribution in [0.1, 0.15) is 0 Å². The van der Waals surface area contributed by atoms with Gasteiger partial charge in [-0.3, -0.25) is 0 Å². The van der Waals surface area contributed by atoms with E-state index in [1.54, 1.807) is 0 Å². The van der Waals surface area contributed by atoms with Gasteiger partial charge in [0.2, 0.25) is 0 Å². The van der Waals surface area contributed by atoms with E-state index in [-0.39, 0.29) is 0 Å². The van der Waals surface area contributed by atoms with Crippen LogP contribution in [0.15, 0.2) is 0 Å². The van der Waals surface area contributed by atoms with Gasteiger partial charge in [-0.1, -0.05) is 0 Å². The number of hydrogen-bond acceptors (Lipinski definition) is 0. The van der Waals surface area contributed by atoms with E-state index in [2.05, 4.69) is 0 Å². The molecule has 0 aliphatic rings. The number of rotatable bonds is 4. The first-order chi connectivity index (χ1) is 4.39. The van der Waals surface area contributed by atoms with E-state index in [1.165, 1.54) is 0 Å². The zero-order chi connectivity index (χ0) is 8.28. The molecule has 0 bridgehead atoms. The Labute approximate surface area is 85.4 Å². The van der Waals surface area contributed by atoms with E-state index in [0.717, 1.165) is 0 Å². The van der Waals surface area contributed by atoms with Crippen LogP contribution in [0.5, 0.6) is 0 Å². The van der Waals surface area contributed by atoms with E-state index < -0.39 is 4.66 Å². The van der Waals surface area contributed by atoms with Gasteiger partial charge in [-0.25, -0.2) is 0 Å². The fraction of sp³-hybridized carbons (Fsp3) is 1.00. The van der Waals surface area contributed by atoms with E-state index in [0.29, 0.717) is 24.1 Å². The van der Waals surface area contributed by atoms with Crippen molar-refractivity contribution >= 4 is 61.6 Å². The van der Waals surface area contributed by atoms with Gasteiger partial charge in [0.25, 0.3) is 0 Å². The SMILES string of the molecule is ClCCP(Cl)(Cl)(Cl)CCCl. The molecule has 0 spiro atoms. The van der Waals surface area contributed by atoms with Crippen LogP contribution in [0.25, 0.3) is 0 Å². The van der Waals surface area contributed by atoms with Crippen LogP contribution in [0.3, 0.4) is 0 Å². The summed E-state index contributed by atoms with van der Waals surface area (Å²) in [7, 11) is 0. The molecule has 0 N–H and O–H groups in total. The van der Waals surface area contributed by atoms with Gasteiger partial charge in [0.1, 0.15) is 0 Å². The van der Waals surface area contributed by atoms with Crippen LogP contribution in [0.4, 0.5) is 0 Å². The zero-order valence-corrected chi connectivity index (χ0v) is 9.84. The van der Waals surface area contributed by atoms with E-state index in [1.807, 2.05) is 0 Å². The zero-order valence-electron chi connectivity index (χ0n) is 5.17. The predicted octanol–water partition coefficient (Wildman–Crippen LogP) is 4.48. The van der Waals surface area contributed by atoms with Gasteiger partial charge in [-0.15, -0.1) is 0 Å². The van der Waals surface area contributed by atoms with Gasteiger partial charge in [0.15, 0.2) is 0 Å². The standard InChI is InChI=1S/C4H8Cl5P/c5-1-3-10(7,8,9)4-2-6/h1-4H2. The maximum absolute atomic E-state index is 5.88. The second-order valence-corrected chi connectivity index (χ2v) is 14.8. The molecule has 0 saturated heterocycles. The van der Waals surface area contributed by atoms with Gasteiger partial charge >= 0.3 is 85.7 Å². The molecule has 0 aliphatic carbocycles. The first kappa shape index (κ1) is 11.9. The molecule has 0 aromatic rings. The molecule has 10 heavy (non-hydrogen) atoms. The summed E-state index contributed by atoms with van der Waals surface area (Å²) in [6.07, 6.45) is 0.898. The Morgan fingerprint density at radius 3 is 1.30 bits per heavy atom. The second-order valence-electron chi connectivity index (χ2n) is 1.96. The Morgan fingerprint density at radius 1 is 0.800 bits per heavy atom. The Balaban J connectivity index is 3.97. The molecular formula is C4H8Cl5P. The van der Waals surface area contributed by atoms with Gasteiger partial charge in [-0.2, -0.15) is 0 Å². The minimum atomic E-state index is -3.01. The topological polar surface area (TPSA) is 0 Å². The molecule has 0 heterocycles. The van der Waals surface area contributed by atoms with Gasteiger partial charge in [0.05, 0.1) is 0 Å². The molecule has 0 radical (unpaired) electrons. The van der Waals surface area contributed by atoms with Crippen molar-refractivity contribution < 1.29 is 0 Å². The molecule has 0 nitrogen and oxygen atoms in total. The Bertz CT molecular complexity index is 96.0. The number of hydrogen-bond donors (Lipinski definition) is 0. The summed E-state index contributed by atoms with van der Waals surface area (Å²) < 4.78 is -3.01. The number of halogens is 5. The fourth-order valence-electron chi connectivity index (χ4n) is 0.423. The molecule has 6 heteroatoms. The molecule has 0 fully saturated rings. The van der Waals surface area contributed by atoms with Crippen molar-refractivity contribution in [3.05, 3.63) is 0 Å². The van der Waals surface area contributed by atoms with Crippen molar-refractivity contribution in [1.82, 2.24) is 0 Å². The minimum absolute atomic E-state index is 0.380. The number of alkyl halides is 2. The predicted molar refractivity (Wildman–Crippen MR) is 55.7 cm³/mol. The van der Waals surface area contributed by atoms with Crippen molar-refractivity contribution in [2.45, 2.75) is 0 Å². The average Bonchev–Trinajstić information content (AvgIpc) is 1.61. The fourth-order valence-corrected chi connectivity index (χ4v) is 6.59. The van der Waals surface area contributed by atoms with Crippen molar-refractivity contribution in [2.24, 2.45) is 0 Å². The van der Waals surface area contributed by atoms with Crippen molar-refractivity contribution in [2.75, 3.05) is 24.1 Å². The molecule has 0 saturated carbocycles. The first-order valence-corrected chi connectivity index (χ1v) is 9.06. The van der Waals surface area contributed by atoms with Crippen molar-refractivity contribution in [3.8, 4) is 0 Å². The van der Waals surface area contributed by atoms with Crippen molar-refractivity contribution in [1.29, 1.82) is 0 Å². The second kappa shape index (κ2) is 4.21. The van der Waals surface area contributed by atoms with Crippen LogP contribution in [-0.2, 0) is 0 Å². The van der Waals surface area contributed by atoms with Gasteiger partial charge < -0.3 is 0 Å². The quantitative estimate of drug-likeness (QED) is 0.519. The molecule has 0 atom stereocenters. The van der Waals surface area contributed by atoms with Crippen LogP contribution in [-0.4, -0.2) is 24.1 Å². The monoisotopic (exact) mass is 262 g/mol. The Morgan fingerprint density at radius 2 is 1.10 bits per heavy atom. The van der Waals surface area contributed by atoms with Crippen LogP contribution in [0, 0.1) is 0 Å². The molecule has 0 rings (SSSR count). The average molecular weight is 264 g/mol. The van der Waals surface area contributed by atoms with E-state index in [4.69, 9.17) is 56.9 Å². The van der Waals surface area contributed by atoms with Gasteiger partial charge in [-0.05, 0) is 0 Å². The van der Waals surface area contributed by atoms with E-state index >= 15 is 0 Å². The molecule has 64 valence electrons. The maximum atomic E-state index is 5.88. The summed E-state index contributed by atoms with van der Waals surface area (Å²) in [6, 6.07) is 0. The normalized spacial score (nSPS) is 16.3. The Kier molecular flexibility index (Phi) is 5.00. The van der Waals surface area contributed by atoms with Crippen molar-refractivity contribution in [3.63, 3.8) is 0 Å². The Hall–Kier alpha value is 1.88. The first-order valence-electron chi connectivity index (χ1n) is 2.67. The summed E-state index contributed by atoms with van der Waals surface area (Å²) in [4.78, 5) is 0. The van der Waals surface area contributed by atoms with Crippen LogP contribution in [0.2, 0.25) is 0 Å². The molecule has 0 aliphatic heterocycles. The third-order valence-corrected chi connectivity index (χ3v) is 7.03. The molecule has 0 aromatic carbocycles. The summed E-state index contributed by atoms with van der Waals surface area (Å²) in [5.41, 5.74) is 0. The third-order valence-electron chi connectivity index (χ3n) is 0.992. The summed E-state index contributed by atoms with van der Waals surface area (Å²) in [6.45, 7) is 0. The third kappa shape index (κ3) is 5.52. The summed E-state index contributed by atoms with van der Waals surface area (Å²) in [5.74, 6) is 0.760. The van der Waals surface area contributed by atoms with Crippen LogP contribution >= 0.6 is 61.6 Å².